The summed E-state index contributed by atoms with van der Waals surface area (Å²) in [5.41, 5.74) is 0. The Morgan fingerprint density at radius 2 is 1.43 bits per heavy atom. The molecular formula is C2Cl3F2. The molecule has 0 saturated carbocycles. The zero-order valence-corrected chi connectivity index (χ0v) is 5.16. The Morgan fingerprint density at radius 3 is 1.43 bits per heavy atom. The van der Waals surface area contributed by atoms with Crippen LogP contribution in [0.15, 0.2) is 0 Å². The van der Waals surface area contributed by atoms with Gasteiger partial charge in [-0.25, -0.2) is 0 Å². The monoisotopic (exact) mass is 167 g/mol. The van der Waals surface area contributed by atoms with Crippen molar-refractivity contribution in [3.63, 3.8) is 0 Å². The SMILES string of the molecule is FC(F)(Cl)[C](Cl)Cl. The van der Waals surface area contributed by atoms with Crippen LogP contribution < -0.4 is 0 Å². The van der Waals surface area contributed by atoms with Gasteiger partial charge >= 0.3 is 5.38 Å². The molecular weight excluding hydrogens is 168 g/mol. The molecule has 0 nitrogen and oxygen atoms in total. The first-order chi connectivity index (χ1) is 2.94. The number of rotatable bonds is 1. The second-order valence-corrected chi connectivity index (χ2v) is 2.18. The fourth-order valence-corrected chi connectivity index (χ4v) is 0. The van der Waals surface area contributed by atoms with Crippen LogP contribution >= 0.6 is 34.8 Å². The average Bonchev–Trinajstić information content (AvgIpc) is 1.31. The Balaban J connectivity index is 3.54. The summed E-state index contributed by atoms with van der Waals surface area (Å²) in [5, 5.41) is -3.58. The van der Waals surface area contributed by atoms with E-state index in [1.165, 1.54) is 0 Å². The predicted molar refractivity (Wildman–Crippen MR) is 25.7 cm³/mol. The number of halogens is 5. The summed E-state index contributed by atoms with van der Waals surface area (Å²) < 4.78 is 22.6. The third kappa shape index (κ3) is 3.32. The lowest BCUT2D eigenvalue weighted by Gasteiger charge is -2.03. The van der Waals surface area contributed by atoms with E-state index in [4.69, 9.17) is 0 Å². The highest BCUT2D eigenvalue weighted by atomic mass is 35.5. The predicted octanol–water partition coefficient (Wildman–Crippen LogP) is 2.79. The maximum Gasteiger partial charge on any atom is 0.357 e. The first kappa shape index (κ1) is 7.73. The van der Waals surface area contributed by atoms with Crippen LogP contribution in [-0.4, -0.2) is 5.38 Å². The lowest BCUT2D eigenvalue weighted by molar-refractivity contribution is 0.137. The molecule has 0 spiro atoms. The van der Waals surface area contributed by atoms with E-state index in [2.05, 4.69) is 34.8 Å². The molecule has 0 heterocycles. The highest BCUT2D eigenvalue weighted by Crippen LogP contribution is 2.36. The average molecular weight is 168 g/mol. The summed E-state index contributed by atoms with van der Waals surface area (Å²) >= 11 is 13.3. The Kier molecular flexibility index (Phi) is 2.58. The molecule has 5 heteroatoms. The lowest BCUT2D eigenvalue weighted by Crippen LogP contribution is -2.07. The summed E-state index contributed by atoms with van der Waals surface area (Å²) in [4.78, 5) is -1.13. The minimum atomic E-state index is -3.58. The van der Waals surface area contributed by atoms with E-state index < -0.39 is 10.2 Å². The minimum Gasteiger partial charge on any atom is -0.185 e. The van der Waals surface area contributed by atoms with Crippen LogP contribution in [0.25, 0.3) is 0 Å². The van der Waals surface area contributed by atoms with Crippen molar-refractivity contribution in [3.05, 3.63) is 4.84 Å². The van der Waals surface area contributed by atoms with Crippen LogP contribution in [-0.2, 0) is 0 Å². The van der Waals surface area contributed by atoms with Crippen LogP contribution in [0.4, 0.5) is 8.78 Å². The number of hydrogen-bond acceptors (Lipinski definition) is 0. The molecule has 0 N–H and O–H groups in total. The quantitative estimate of drug-likeness (QED) is 0.528. The van der Waals surface area contributed by atoms with Crippen LogP contribution in [0.5, 0.6) is 0 Å². The number of alkyl halides is 3. The summed E-state index contributed by atoms with van der Waals surface area (Å²) in [6, 6.07) is 0. The molecule has 0 aromatic rings. The van der Waals surface area contributed by atoms with Crippen LogP contribution in [0.3, 0.4) is 0 Å². The van der Waals surface area contributed by atoms with Crippen LogP contribution in [0.1, 0.15) is 0 Å². The van der Waals surface area contributed by atoms with Crippen LogP contribution in [0.2, 0.25) is 0 Å². The van der Waals surface area contributed by atoms with E-state index in [-0.39, 0.29) is 0 Å². The largest absolute Gasteiger partial charge is 0.357 e. The van der Waals surface area contributed by atoms with Crippen molar-refractivity contribution < 1.29 is 8.78 Å². The maximum absolute atomic E-state index is 11.3. The van der Waals surface area contributed by atoms with Gasteiger partial charge in [-0.15, -0.1) is 0 Å². The molecule has 0 atom stereocenters. The van der Waals surface area contributed by atoms with Gasteiger partial charge < -0.3 is 0 Å². The lowest BCUT2D eigenvalue weighted by atomic mass is 10.8. The van der Waals surface area contributed by atoms with E-state index in [9.17, 15) is 8.78 Å². The highest BCUT2D eigenvalue weighted by molar-refractivity contribution is 6.56. The van der Waals surface area contributed by atoms with Gasteiger partial charge in [-0.2, -0.15) is 8.78 Å². The standard InChI is InChI=1S/C2Cl3F2/c3-1(4)2(5,6)7. The summed E-state index contributed by atoms with van der Waals surface area (Å²) in [6.07, 6.45) is 0. The van der Waals surface area contributed by atoms with Crippen molar-refractivity contribution in [2.45, 2.75) is 5.38 Å². The van der Waals surface area contributed by atoms with Gasteiger partial charge in [-0.05, 0) is 11.6 Å². The third-order valence-electron chi connectivity index (χ3n) is 0.214. The third-order valence-corrected chi connectivity index (χ3v) is 1.07. The summed E-state index contributed by atoms with van der Waals surface area (Å²) in [7, 11) is 0. The van der Waals surface area contributed by atoms with Gasteiger partial charge in [-0.3, -0.25) is 0 Å². The Bertz CT molecular complexity index is 56.4. The van der Waals surface area contributed by atoms with E-state index in [0.717, 1.165) is 0 Å². The molecule has 0 bridgehead atoms. The second-order valence-electron chi connectivity index (χ2n) is 0.758. The van der Waals surface area contributed by atoms with Crippen molar-refractivity contribution in [2.75, 3.05) is 0 Å². The molecule has 1 radical (unpaired) electrons. The fraction of sp³-hybridized carbons (Fsp3) is 0.500. The van der Waals surface area contributed by atoms with Gasteiger partial charge in [0.25, 0.3) is 0 Å². The van der Waals surface area contributed by atoms with E-state index in [0.29, 0.717) is 0 Å². The smallest absolute Gasteiger partial charge is 0.185 e. The van der Waals surface area contributed by atoms with Gasteiger partial charge in [0.05, 0.1) is 0 Å². The zero-order chi connectivity index (χ0) is 6.08. The summed E-state index contributed by atoms with van der Waals surface area (Å²) in [5.74, 6) is 0. The highest BCUT2D eigenvalue weighted by Gasteiger charge is 2.35. The van der Waals surface area contributed by atoms with Crippen LogP contribution in [0, 0.1) is 4.84 Å². The fourth-order valence-electron chi connectivity index (χ4n) is 0. The van der Waals surface area contributed by atoms with Crippen molar-refractivity contribution in [3.8, 4) is 0 Å². The molecule has 7 heavy (non-hydrogen) atoms. The number of hydrogen-bond donors (Lipinski definition) is 0. The van der Waals surface area contributed by atoms with Gasteiger partial charge in [0.2, 0.25) is 4.84 Å². The first-order valence-corrected chi connectivity index (χ1v) is 2.33. The molecule has 0 saturated heterocycles. The van der Waals surface area contributed by atoms with Gasteiger partial charge in [0.15, 0.2) is 0 Å². The molecule has 43 valence electrons. The summed E-state index contributed by atoms with van der Waals surface area (Å²) in [6.45, 7) is 0. The molecule has 0 aliphatic heterocycles. The first-order valence-electron chi connectivity index (χ1n) is 1.19. The Labute approximate surface area is 54.3 Å². The maximum atomic E-state index is 11.3. The second kappa shape index (κ2) is 2.33. The van der Waals surface area contributed by atoms with E-state index in [1.54, 1.807) is 0 Å². The topological polar surface area (TPSA) is 0 Å². The van der Waals surface area contributed by atoms with Crippen molar-refractivity contribution in [1.29, 1.82) is 0 Å². The van der Waals surface area contributed by atoms with Crippen molar-refractivity contribution >= 4 is 34.8 Å². The van der Waals surface area contributed by atoms with Crippen molar-refractivity contribution in [1.82, 2.24) is 0 Å². The molecule has 0 aromatic carbocycles. The minimum absolute atomic E-state index is 1.13. The molecule has 0 aliphatic carbocycles. The molecule has 0 amide bonds. The van der Waals surface area contributed by atoms with E-state index >= 15 is 0 Å². The van der Waals surface area contributed by atoms with Gasteiger partial charge in [0, 0.05) is 0 Å². The zero-order valence-electron chi connectivity index (χ0n) is 2.89. The molecule has 0 aromatic heterocycles. The molecule has 0 fully saturated rings. The van der Waals surface area contributed by atoms with Gasteiger partial charge in [0.1, 0.15) is 0 Å². The molecule has 0 aliphatic rings. The van der Waals surface area contributed by atoms with Gasteiger partial charge in [-0.1, -0.05) is 23.2 Å². The Morgan fingerprint density at radius 1 is 1.29 bits per heavy atom. The van der Waals surface area contributed by atoms with Crippen molar-refractivity contribution in [2.24, 2.45) is 0 Å². The molecule has 0 unspecified atom stereocenters. The Hall–Kier alpha value is 0.730. The normalized spacial score (nSPS) is 12.9. The van der Waals surface area contributed by atoms with E-state index in [1.807, 2.05) is 0 Å². The molecule has 0 rings (SSSR count).